The average Bonchev–Trinajstić information content (AvgIpc) is 2.64. The second-order valence-electron chi connectivity index (χ2n) is 5.20. The molecule has 94 valence electrons. The Hall–Kier alpha value is -0.130. The third-order valence-corrected chi connectivity index (χ3v) is 5.34. The molecule has 1 heterocycles. The number of hydrogen-bond acceptors (Lipinski definition) is 2. The molecule has 4 nitrogen and oxygen atoms in total. The third kappa shape index (κ3) is 2.96. The topological polar surface area (TPSA) is 49.4 Å². The van der Waals surface area contributed by atoms with Crippen molar-refractivity contribution in [2.45, 2.75) is 51.5 Å². The van der Waals surface area contributed by atoms with Crippen LogP contribution in [0, 0.1) is 5.92 Å². The van der Waals surface area contributed by atoms with E-state index in [0.717, 1.165) is 38.5 Å². The highest BCUT2D eigenvalue weighted by atomic mass is 32.2. The monoisotopic (exact) mass is 246 g/mol. The second kappa shape index (κ2) is 5.02. The summed E-state index contributed by atoms with van der Waals surface area (Å²) in [4.78, 5) is 0. The van der Waals surface area contributed by atoms with E-state index in [9.17, 15) is 8.42 Å². The van der Waals surface area contributed by atoms with Gasteiger partial charge in [0.05, 0.1) is 0 Å². The fourth-order valence-corrected chi connectivity index (χ4v) is 4.23. The molecule has 2 aliphatic rings. The zero-order valence-corrected chi connectivity index (χ0v) is 10.8. The summed E-state index contributed by atoms with van der Waals surface area (Å²) >= 11 is 0. The summed E-state index contributed by atoms with van der Waals surface area (Å²) in [6, 6.07) is 0.168. The standard InChI is InChI=1S/C11H22N2O2S/c1-10-5-6-11(9-10)12-16(14,15)13-7-3-2-4-8-13/h10-12H,2-9H2,1H3. The highest BCUT2D eigenvalue weighted by Gasteiger charge is 2.29. The summed E-state index contributed by atoms with van der Waals surface area (Å²) in [5.74, 6) is 0.661. The van der Waals surface area contributed by atoms with Gasteiger partial charge in [0.25, 0.3) is 10.2 Å². The first-order valence-electron chi connectivity index (χ1n) is 6.35. The molecule has 2 unspecified atom stereocenters. The van der Waals surface area contributed by atoms with E-state index in [2.05, 4.69) is 11.6 Å². The molecular weight excluding hydrogens is 224 g/mol. The zero-order chi connectivity index (χ0) is 11.6. The van der Waals surface area contributed by atoms with Gasteiger partial charge in [0.15, 0.2) is 0 Å². The minimum Gasteiger partial charge on any atom is -0.199 e. The molecule has 1 aliphatic heterocycles. The molecule has 0 aromatic carbocycles. The van der Waals surface area contributed by atoms with Gasteiger partial charge in [-0.1, -0.05) is 13.3 Å². The van der Waals surface area contributed by atoms with Crippen molar-refractivity contribution in [3.8, 4) is 0 Å². The van der Waals surface area contributed by atoms with Crippen molar-refractivity contribution in [2.24, 2.45) is 5.92 Å². The van der Waals surface area contributed by atoms with Gasteiger partial charge in [-0.2, -0.15) is 17.4 Å². The molecule has 2 rings (SSSR count). The second-order valence-corrected chi connectivity index (χ2v) is 6.90. The van der Waals surface area contributed by atoms with E-state index in [4.69, 9.17) is 0 Å². The van der Waals surface area contributed by atoms with Gasteiger partial charge >= 0.3 is 0 Å². The summed E-state index contributed by atoms with van der Waals surface area (Å²) in [7, 11) is -3.21. The Morgan fingerprint density at radius 2 is 1.81 bits per heavy atom. The number of nitrogens with one attached hydrogen (secondary N) is 1. The van der Waals surface area contributed by atoms with Crippen molar-refractivity contribution in [2.75, 3.05) is 13.1 Å². The maximum absolute atomic E-state index is 12.1. The van der Waals surface area contributed by atoms with Crippen LogP contribution in [0.2, 0.25) is 0 Å². The van der Waals surface area contributed by atoms with Crippen LogP contribution in [-0.4, -0.2) is 31.9 Å². The van der Waals surface area contributed by atoms with Crippen molar-refractivity contribution >= 4 is 10.2 Å². The fourth-order valence-electron chi connectivity index (χ4n) is 2.70. The van der Waals surface area contributed by atoms with Crippen LogP contribution in [0.25, 0.3) is 0 Å². The Morgan fingerprint density at radius 3 is 2.38 bits per heavy atom. The zero-order valence-electron chi connectivity index (χ0n) is 9.98. The van der Waals surface area contributed by atoms with Gasteiger partial charge in [0, 0.05) is 19.1 Å². The molecule has 0 spiro atoms. The fraction of sp³-hybridized carbons (Fsp3) is 1.00. The number of rotatable bonds is 3. The first kappa shape index (κ1) is 12.3. The molecule has 16 heavy (non-hydrogen) atoms. The molecule has 0 aromatic heterocycles. The SMILES string of the molecule is CC1CCC(NS(=O)(=O)N2CCCCC2)C1. The first-order chi connectivity index (χ1) is 7.58. The lowest BCUT2D eigenvalue weighted by Gasteiger charge is -2.27. The number of hydrogen-bond donors (Lipinski definition) is 1. The highest BCUT2D eigenvalue weighted by molar-refractivity contribution is 7.87. The molecule has 1 aliphatic carbocycles. The van der Waals surface area contributed by atoms with Crippen LogP contribution in [0.3, 0.4) is 0 Å². The minimum absolute atomic E-state index is 0.168. The van der Waals surface area contributed by atoms with Crippen LogP contribution in [-0.2, 0) is 10.2 Å². The van der Waals surface area contributed by atoms with Gasteiger partial charge in [-0.05, 0) is 38.0 Å². The minimum atomic E-state index is -3.21. The maximum atomic E-state index is 12.1. The first-order valence-corrected chi connectivity index (χ1v) is 7.79. The summed E-state index contributed by atoms with van der Waals surface area (Å²) < 4.78 is 28.6. The number of nitrogens with zero attached hydrogens (tertiary/aromatic N) is 1. The molecule has 5 heteroatoms. The number of piperidine rings is 1. The molecular formula is C11H22N2O2S. The van der Waals surface area contributed by atoms with Crippen molar-refractivity contribution in [1.29, 1.82) is 0 Å². The summed E-state index contributed by atoms with van der Waals surface area (Å²) in [6.45, 7) is 3.57. The van der Waals surface area contributed by atoms with Crippen LogP contribution in [0.15, 0.2) is 0 Å². The average molecular weight is 246 g/mol. The van der Waals surface area contributed by atoms with Crippen molar-refractivity contribution in [3.63, 3.8) is 0 Å². The quantitative estimate of drug-likeness (QED) is 0.820. The lowest BCUT2D eigenvalue weighted by Crippen LogP contribution is -2.46. The molecule has 1 N–H and O–H groups in total. The van der Waals surface area contributed by atoms with Crippen LogP contribution in [0.1, 0.15) is 45.4 Å². The Morgan fingerprint density at radius 1 is 1.12 bits per heavy atom. The van der Waals surface area contributed by atoms with Crippen molar-refractivity contribution < 1.29 is 8.42 Å². The van der Waals surface area contributed by atoms with Gasteiger partial charge in [-0.3, -0.25) is 0 Å². The summed E-state index contributed by atoms with van der Waals surface area (Å²) in [6.07, 6.45) is 6.30. The third-order valence-electron chi connectivity index (χ3n) is 3.67. The van der Waals surface area contributed by atoms with E-state index in [1.165, 1.54) is 0 Å². The summed E-state index contributed by atoms with van der Waals surface area (Å²) in [5, 5.41) is 0. The molecule has 0 aromatic rings. The van der Waals surface area contributed by atoms with Crippen molar-refractivity contribution in [3.05, 3.63) is 0 Å². The van der Waals surface area contributed by atoms with Crippen LogP contribution >= 0.6 is 0 Å². The Kier molecular flexibility index (Phi) is 3.87. The smallest absolute Gasteiger partial charge is 0.199 e. The molecule has 0 radical (unpaired) electrons. The van der Waals surface area contributed by atoms with Crippen molar-refractivity contribution in [1.82, 2.24) is 9.03 Å². The van der Waals surface area contributed by atoms with Crippen LogP contribution in [0.4, 0.5) is 0 Å². The van der Waals surface area contributed by atoms with E-state index < -0.39 is 10.2 Å². The van der Waals surface area contributed by atoms with Gasteiger partial charge in [0.2, 0.25) is 0 Å². The molecule has 2 fully saturated rings. The highest BCUT2D eigenvalue weighted by Crippen LogP contribution is 2.25. The van der Waals surface area contributed by atoms with E-state index in [1.807, 2.05) is 0 Å². The Balaban J connectivity index is 1.91. The molecule has 0 amide bonds. The summed E-state index contributed by atoms with van der Waals surface area (Å²) in [5.41, 5.74) is 0. The van der Waals surface area contributed by atoms with Gasteiger partial charge in [-0.25, -0.2) is 0 Å². The van der Waals surface area contributed by atoms with E-state index in [1.54, 1.807) is 4.31 Å². The van der Waals surface area contributed by atoms with E-state index >= 15 is 0 Å². The molecule has 2 atom stereocenters. The normalized spacial score (nSPS) is 33.1. The predicted molar refractivity (Wildman–Crippen MR) is 64.3 cm³/mol. The Bertz CT molecular complexity index is 323. The molecule has 1 saturated carbocycles. The maximum Gasteiger partial charge on any atom is 0.279 e. The van der Waals surface area contributed by atoms with E-state index in [-0.39, 0.29) is 6.04 Å². The predicted octanol–water partition coefficient (Wildman–Crippen LogP) is 1.50. The lowest BCUT2D eigenvalue weighted by atomic mass is 10.1. The van der Waals surface area contributed by atoms with Crippen LogP contribution in [0.5, 0.6) is 0 Å². The van der Waals surface area contributed by atoms with Gasteiger partial charge in [0.1, 0.15) is 0 Å². The lowest BCUT2D eigenvalue weighted by molar-refractivity contribution is 0.338. The van der Waals surface area contributed by atoms with Crippen LogP contribution < -0.4 is 4.72 Å². The van der Waals surface area contributed by atoms with E-state index in [0.29, 0.717) is 19.0 Å². The van der Waals surface area contributed by atoms with Gasteiger partial charge in [-0.15, -0.1) is 0 Å². The molecule has 1 saturated heterocycles. The van der Waals surface area contributed by atoms with Gasteiger partial charge < -0.3 is 0 Å². The molecule has 0 bridgehead atoms. The Labute approximate surface area is 98.6 Å². The largest absolute Gasteiger partial charge is 0.279 e.